The third-order valence-electron chi connectivity index (χ3n) is 9.93. The van der Waals surface area contributed by atoms with Crippen LogP contribution in [-0.2, 0) is 0 Å². The van der Waals surface area contributed by atoms with E-state index in [0.29, 0.717) is 23.5 Å². The van der Waals surface area contributed by atoms with Gasteiger partial charge in [0.2, 0.25) is 11.8 Å². The fraction of sp³-hybridized carbons (Fsp3) is 0. The molecule has 0 aliphatic carbocycles. The summed E-state index contributed by atoms with van der Waals surface area (Å²) in [6, 6.07) is 56.4. The van der Waals surface area contributed by atoms with Gasteiger partial charge >= 0.3 is 0 Å². The second kappa shape index (κ2) is 11.8. The zero-order valence-electron chi connectivity index (χ0n) is 28.1. The molecular formula is C46H27N5OS. The molecule has 0 bridgehead atoms. The number of oxazole rings is 1. The molecule has 7 heteroatoms. The van der Waals surface area contributed by atoms with E-state index in [9.17, 15) is 0 Å². The number of para-hydroxylation sites is 4. The summed E-state index contributed by atoms with van der Waals surface area (Å²) in [5.41, 5.74) is 8.76. The van der Waals surface area contributed by atoms with Gasteiger partial charge < -0.3 is 4.42 Å². The first-order valence-corrected chi connectivity index (χ1v) is 18.3. The Kier molecular flexibility index (Phi) is 6.62. The SMILES string of the molecule is c1ccc(-c2ccc(-c3nc(-c4cccc5sc6ccc(-c7nc8ccccc8o7)cc6c45)nc(-n4c5ccccc5c5ccccc54)n3)cc2)cc1. The Morgan fingerprint density at radius 2 is 1.11 bits per heavy atom. The number of rotatable bonds is 5. The molecule has 0 saturated carbocycles. The van der Waals surface area contributed by atoms with E-state index in [0.717, 1.165) is 76.2 Å². The van der Waals surface area contributed by atoms with Gasteiger partial charge in [0.1, 0.15) is 5.52 Å². The molecule has 0 amide bonds. The number of hydrogen-bond donors (Lipinski definition) is 0. The monoisotopic (exact) mass is 697 g/mol. The van der Waals surface area contributed by atoms with Crippen molar-refractivity contribution in [2.75, 3.05) is 0 Å². The normalized spacial score (nSPS) is 11.8. The molecule has 0 spiro atoms. The molecule has 0 aliphatic heterocycles. The lowest BCUT2D eigenvalue weighted by atomic mass is 10.0. The maximum atomic E-state index is 6.19. The minimum Gasteiger partial charge on any atom is -0.436 e. The molecule has 0 unspecified atom stereocenters. The van der Waals surface area contributed by atoms with Crippen molar-refractivity contribution in [3.05, 3.63) is 164 Å². The summed E-state index contributed by atoms with van der Waals surface area (Å²) in [6.45, 7) is 0. The zero-order valence-corrected chi connectivity index (χ0v) is 29.0. The fourth-order valence-corrected chi connectivity index (χ4v) is 8.55. The molecule has 0 fully saturated rings. The minimum atomic E-state index is 0.568. The molecule has 11 aromatic rings. The fourth-order valence-electron chi connectivity index (χ4n) is 7.44. The summed E-state index contributed by atoms with van der Waals surface area (Å²) in [5, 5.41) is 4.50. The summed E-state index contributed by atoms with van der Waals surface area (Å²) in [7, 11) is 0. The molecular weight excluding hydrogens is 671 g/mol. The highest BCUT2D eigenvalue weighted by Gasteiger charge is 2.20. The maximum absolute atomic E-state index is 6.19. The Morgan fingerprint density at radius 3 is 1.91 bits per heavy atom. The van der Waals surface area contributed by atoms with Crippen molar-refractivity contribution in [3.63, 3.8) is 0 Å². The van der Waals surface area contributed by atoms with Gasteiger partial charge in [-0.1, -0.05) is 115 Å². The molecule has 4 heterocycles. The average molecular weight is 698 g/mol. The van der Waals surface area contributed by atoms with Crippen LogP contribution in [0.25, 0.3) is 104 Å². The lowest BCUT2D eigenvalue weighted by molar-refractivity contribution is 0.620. The van der Waals surface area contributed by atoms with Crippen molar-refractivity contribution in [3.8, 4) is 51.3 Å². The molecule has 0 aliphatic rings. The highest BCUT2D eigenvalue weighted by molar-refractivity contribution is 7.26. The first kappa shape index (κ1) is 29.7. The van der Waals surface area contributed by atoms with Crippen LogP contribution in [0.1, 0.15) is 0 Å². The Hall–Kier alpha value is -6.96. The molecule has 0 radical (unpaired) electrons. The second-order valence-corrected chi connectivity index (χ2v) is 14.2. The van der Waals surface area contributed by atoms with E-state index in [1.807, 2.05) is 30.3 Å². The van der Waals surface area contributed by atoms with Crippen LogP contribution in [0.4, 0.5) is 0 Å². The van der Waals surface area contributed by atoms with E-state index in [1.165, 1.54) is 4.70 Å². The van der Waals surface area contributed by atoms with E-state index in [2.05, 4.69) is 138 Å². The van der Waals surface area contributed by atoms with Crippen LogP contribution in [0.2, 0.25) is 0 Å². The lowest BCUT2D eigenvalue weighted by Gasteiger charge is -2.12. The molecule has 0 saturated heterocycles. The van der Waals surface area contributed by atoms with E-state index < -0.39 is 0 Å². The van der Waals surface area contributed by atoms with Gasteiger partial charge in [0.05, 0.1) is 11.0 Å². The number of fused-ring (bicyclic) bond motifs is 7. The lowest BCUT2D eigenvalue weighted by Crippen LogP contribution is -2.06. The molecule has 0 atom stereocenters. The van der Waals surface area contributed by atoms with Crippen LogP contribution < -0.4 is 0 Å². The first-order chi connectivity index (χ1) is 26.2. The van der Waals surface area contributed by atoms with Gasteiger partial charge in [0, 0.05) is 47.6 Å². The van der Waals surface area contributed by atoms with Gasteiger partial charge in [-0.15, -0.1) is 11.3 Å². The van der Waals surface area contributed by atoms with Gasteiger partial charge in [-0.3, -0.25) is 4.57 Å². The van der Waals surface area contributed by atoms with Crippen LogP contribution in [0, 0.1) is 0 Å². The van der Waals surface area contributed by atoms with E-state index in [1.54, 1.807) is 11.3 Å². The Bertz CT molecular complexity index is 3090. The molecule has 7 aromatic carbocycles. The quantitative estimate of drug-likeness (QED) is 0.179. The minimum absolute atomic E-state index is 0.568. The average Bonchev–Trinajstić information content (AvgIpc) is 3.93. The topological polar surface area (TPSA) is 69.6 Å². The van der Waals surface area contributed by atoms with Crippen molar-refractivity contribution in [2.45, 2.75) is 0 Å². The summed E-state index contributed by atoms with van der Waals surface area (Å²) in [6.07, 6.45) is 0. The molecule has 248 valence electrons. The van der Waals surface area contributed by atoms with Gasteiger partial charge in [-0.25, -0.2) is 9.97 Å². The molecule has 6 nitrogen and oxygen atoms in total. The van der Waals surface area contributed by atoms with Gasteiger partial charge in [0.25, 0.3) is 0 Å². The number of benzene rings is 7. The first-order valence-electron chi connectivity index (χ1n) is 17.5. The van der Waals surface area contributed by atoms with Crippen LogP contribution in [0.5, 0.6) is 0 Å². The predicted octanol–water partition coefficient (Wildman–Crippen LogP) is 12.1. The maximum Gasteiger partial charge on any atom is 0.238 e. The Morgan fingerprint density at radius 1 is 0.453 bits per heavy atom. The van der Waals surface area contributed by atoms with Crippen LogP contribution in [0.15, 0.2) is 168 Å². The number of aromatic nitrogens is 5. The summed E-state index contributed by atoms with van der Waals surface area (Å²) < 4.78 is 10.7. The summed E-state index contributed by atoms with van der Waals surface area (Å²) >= 11 is 1.76. The van der Waals surface area contributed by atoms with Crippen LogP contribution >= 0.6 is 11.3 Å². The number of thiophene rings is 1. The van der Waals surface area contributed by atoms with Crippen molar-refractivity contribution in [1.82, 2.24) is 24.5 Å². The van der Waals surface area contributed by atoms with Crippen molar-refractivity contribution >= 4 is 64.4 Å². The third-order valence-corrected chi connectivity index (χ3v) is 11.1. The Balaban J connectivity index is 1.15. The van der Waals surface area contributed by atoms with Crippen LogP contribution in [-0.4, -0.2) is 24.5 Å². The number of nitrogens with zero attached hydrogens (tertiary/aromatic N) is 5. The summed E-state index contributed by atoms with van der Waals surface area (Å²) in [5.74, 6) is 2.38. The van der Waals surface area contributed by atoms with Crippen molar-refractivity contribution < 1.29 is 4.42 Å². The van der Waals surface area contributed by atoms with E-state index in [-0.39, 0.29) is 0 Å². The standard InChI is InChI=1S/C46H27N5OS/c1-2-11-28(12-3-1)29-21-23-30(24-22-29)43-48-44(50-46(49-43)51-37-17-7-4-13-32(37)33-14-5-8-18-38(33)51)34-15-10-20-41-42(34)35-27-31(25-26-40(35)53-41)45-47-36-16-6-9-19-39(36)52-45/h1-27H. The number of hydrogen-bond acceptors (Lipinski definition) is 6. The molecule has 0 N–H and O–H groups in total. The Labute approximate surface area is 307 Å². The van der Waals surface area contributed by atoms with Gasteiger partial charge in [-0.05, 0) is 59.7 Å². The third kappa shape index (κ3) is 4.86. The second-order valence-electron chi connectivity index (χ2n) is 13.1. The van der Waals surface area contributed by atoms with Gasteiger partial charge in [-0.2, -0.15) is 9.97 Å². The smallest absolute Gasteiger partial charge is 0.238 e. The molecule has 11 rings (SSSR count). The van der Waals surface area contributed by atoms with Crippen molar-refractivity contribution in [2.24, 2.45) is 0 Å². The largest absolute Gasteiger partial charge is 0.436 e. The highest BCUT2D eigenvalue weighted by atomic mass is 32.1. The van der Waals surface area contributed by atoms with Crippen molar-refractivity contribution in [1.29, 1.82) is 0 Å². The zero-order chi connectivity index (χ0) is 34.9. The summed E-state index contributed by atoms with van der Waals surface area (Å²) in [4.78, 5) is 20.5. The van der Waals surface area contributed by atoms with Gasteiger partial charge in [0.15, 0.2) is 17.2 Å². The van der Waals surface area contributed by atoms with E-state index in [4.69, 9.17) is 24.4 Å². The van der Waals surface area contributed by atoms with Crippen LogP contribution in [0.3, 0.4) is 0 Å². The molecule has 4 aromatic heterocycles. The van der Waals surface area contributed by atoms with E-state index >= 15 is 0 Å². The highest BCUT2D eigenvalue weighted by Crippen LogP contribution is 2.42. The predicted molar refractivity (Wildman–Crippen MR) is 216 cm³/mol. The molecule has 53 heavy (non-hydrogen) atoms.